The van der Waals surface area contributed by atoms with Gasteiger partial charge in [-0.1, -0.05) is 30.3 Å². The van der Waals surface area contributed by atoms with Gasteiger partial charge < -0.3 is 20.3 Å². The SMILES string of the molecule is CNC(CC1=CCN(C)C(C)=C1)c1ccccc1C(NC)NCC1CCOCC1. The number of hydrogen-bond acceptors (Lipinski definition) is 5. The molecule has 5 nitrogen and oxygen atoms in total. The van der Waals surface area contributed by atoms with E-state index in [0.717, 1.165) is 45.6 Å². The number of rotatable bonds is 9. The van der Waals surface area contributed by atoms with Crippen molar-refractivity contribution in [2.45, 2.75) is 38.4 Å². The van der Waals surface area contributed by atoms with Gasteiger partial charge in [0.05, 0.1) is 6.17 Å². The zero-order valence-electron chi connectivity index (χ0n) is 18.5. The summed E-state index contributed by atoms with van der Waals surface area (Å²) in [4.78, 5) is 2.28. The third-order valence-corrected chi connectivity index (χ3v) is 6.33. The van der Waals surface area contributed by atoms with Crippen LogP contribution < -0.4 is 16.0 Å². The second-order valence-corrected chi connectivity index (χ2v) is 8.31. The summed E-state index contributed by atoms with van der Waals surface area (Å²) >= 11 is 0. The molecule has 0 aliphatic carbocycles. The second kappa shape index (κ2) is 10.9. The number of allylic oxidation sites excluding steroid dienone is 2. The fourth-order valence-electron chi connectivity index (χ4n) is 4.27. The number of likely N-dealkylation sites (N-methyl/N-ethyl adjacent to an activating group) is 1. The molecule has 2 aliphatic rings. The van der Waals surface area contributed by atoms with Gasteiger partial charge >= 0.3 is 0 Å². The minimum atomic E-state index is 0.147. The van der Waals surface area contributed by atoms with Gasteiger partial charge in [-0.05, 0) is 75.5 Å². The minimum Gasteiger partial charge on any atom is -0.381 e. The summed E-state index contributed by atoms with van der Waals surface area (Å²) in [6.45, 7) is 5.99. The maximum atomic E-state index is 5.50. The highest BCUT2D eigenvalue weighted by molar-refractivity contribution is 5.36. The molecule has 5 heteroatoms. The van der Waals surface area contributed by atoms with Gasteiger partial charge in [0.15, 0.2) is 0 Å². The molecule has 1 saturated heterocycles. The highest BCUT2D eigenvalue weighted by Crippen LogP contribution is 2.29. The maximum absolute atomic E-state index is 5.50. The van der Waals surface area contributed by atoms with Crippen LogP contribution >= 0.6 is 0 Å². The van der Waals surface area contributed by atoms with Crippen LogP contribution in [0.2, 0.25) is 0 Å². The highest BCUT2D eigenvalue weighted by atomic mass is 16.5. The molecule has 0 amide bonds. The van der Waals surface area contributed by atoms with E-state index in [4.69, 9.17) is 4.74 Å². The van der Waals surface area contributed by atoms with Gasteiger partial charge in [-0.2, -0.15) is 0 Å². The average molecular weight is 399 g/mol. The Balaban J connectivity index is 1.73. The van der Waals surface area contributed by atoms with E-state index in [2.05, 4.69) is 78.3 Å². The smallest absolute Gasteiger partial charge is 0.0836 e. The van der Waals surface area contributed by atoms with Crippen molar-refractivity contribution >= 4 is 0 Å². The van der Waals surface area contributed by atoms with Crippen LogP contribution in [0.4, 0.5) is 0 Å². The lowest BCUT2D eigenvalue weighted by Crippen LogP contribution is -2.37. The predicted octanol–water partition coefficient (Wildman–Crippen LogP) is 3.35. The first-order valence-corrected chi connectivity index (χ1v) is 10.9. The van der Waals surface area contributed by atoms with Gasteiger partial charge in [-0.25, -0.2) is 0 Å². The van der Waals surface area contributed by atoms with Crippen LogP contribution in [0.5, 0.6) is 0 Å². The Morgan fingerprint density at radius 2 is 1.83 bits per heavy atom. The van der Waals surface area contributed by atoms with E-state index in [9.17, 15) is 0 Å². The van der Waals surface area contributed by atoms with Crippen LogP contribution in [0.15, 0.2) is 47.7 Å². The molecule has 160 valence electrons. The first-order chi connectivity index (χ1) is 14.1. The van der Waals surface area contributed by atoms with E-state index in [1.165, 1.54) is 22.4 Å². The van der Waals surface area contributed by atoms with Gasteiger partial charge in [0.2, 0.25) is 0 Å². The number of hydrogen-bond donors (Lipinski definition) is 3. The topological polar surface area (TPSA) is 48.6 Å². The molecule has 2 heterocycles. The number of ether oxygens (including phenoxy) is 1. The third kappa shape index (κ3) is 5.92. The molecular weight excluding hydrogens is 360 g/mol. The van der Waals surface area contributed by atoms with Crippen LogP contribution in [0.1, 0.15) is 49.5 Å². The van der Waals surface area contributed by atoms with Crippen molar-refractivity contribution in [2.24, 2.45) is 5.92 Å². The Morgan fingerprint density at radius 3 is 2.48 bits per heavy atom. The zero-order chi connectivity index (χ0) is 20.6. The molecule has 3 N–H and O–H groups in total. The predicted molar refractivity (Wildman–Crippen MR) is 121 cm³/mol. The number of nitrogens with one attached hydrogen (secondary N) is 3. The summed E-state index contributed by atoms with van der Waals surface area (Å²) < 4.78 is 5.50. The van der Waals surface area contributed by atoms with E-state index in [1.54, 1.807) is 0 Å². The van der Waals surface area contributed by atoms with Crippen LogP contribution in [0.3, 0.4) is 0 Å². The average Bonchev–Trinajstić information content (AvgIpc) is 2.76. The standard InChI is InChI=1S/C24H38N4O/c1-18-15-20(9-12-28(18)4)16-23(25-2)21-7-5-6-8-22(21)24(26-3)27-17-19-10-13-29-14-11-19/h5-9,15,19,23-27H,10-14,16-17H2,1-4H3. The molecule has 1 aromatic rings. The normalized spacial score (nSPS) is 20.2. The number of benzene rings is 1. The summed E-state index contributed by atoms with van der Waals surface area (Å²) in [7, 11) is 6.25. The molecule has 1 fully saturated rings. The molecule has 2 atom stereocenters. The first-order valence-electron chi connectivity index (χ1n) is 10.9. The fourth-order valence-corrected chi connectivity index (χ4v) is 4.27. The second-order valence-electron chi connectivity index (χ2n) is 8.31. The Labute approximate surface area is 176 Å². The van der Waals surface area contributed by atoms with Crippen LogP contribution in [-0.2, 0) is 4.74 Å². The van der Waals surface area contributed by atoms with Crippen molar-refractivity contribution in [1.29, 1.82) is 0 Å². The minimum absolute atomic E-state index is 0.147. The summed E-state index contributed by atoms with van der Waals surface area (Å²) in [5.74, 6) is 0.698. The summed E-state index contributed by atoms with van der Waals surface area (Å²) in [6, 6.07) is 9.10. The Kier molecular flexibility index (Phi) is 8.30. The fraction of sp³-hybridized carbons (Fsp3) is 0.583. The van der Waals surface area contributed by atoms with Crippen molar-refractivity contribution in [3.8, 4) is 0 Å². The van der Waals surface area contributed by atoms with Crippen molar-refractivity contribution < 1.29 is 4.74 Å². The monoisotopic (exact) mass is 398 g/mol. The number of nitrogens with zero attached hydrogens (tertiary/aromatic N) is 1. The molecule has 0 saturated carbocycles. The van der Waals surface area contributed by atoms with Crippen LogP contribution in [-0.4, -0.2) is 52.3 Å². The van der Waals surface area contributed by atoms with E-state index in [-0.39, 0.29) is 12.2 Å². The van der Waals surface area contributed by atoms with Gasteiger partial charge in [0.1, 0.15) is 0 Å². The molecule has 2 aliphatic heterocycles. The van der Waals surface area contributed by atoms with Crippen molar-refractivity contribution in [3.63, 3.8) is 0 Å². The molecule has 1 aromatic carbocycles. The largest absolute Gasteiger partial charge is 0.381 e. The third-order valence-electron chi connectivity index (χ3n) is 6.33. The molecular formula is C24H38N4O. The van der Waals surface area contributed by atoms with Crippen molar-refractivity contribution in [2.75, 3.05) is 47.4 Å². The molecule has 2 unspecified atom stereocenters. The van der Waals surface area contributed by atoms with E-state index >= 15 is 0 Å². The van der Waals surface area contributed by atoms with E-state index in [0.29, 0.717) is 5.92 Å². The van der Waals surface area contributed by atoms with Crippen molar-refractivity contribution in [1.82, 2.24) is 20.9 Å². The maximum Gasteiger partial charge on any atom is 0.0836 e. The Morgan fingerprint density at radius 1 is 1.10 bits per heavy atom. The molecule has 0 spiro atoms. The first kappa shape index (κ1) is 22.0. The summed E-state index contributed by atoms with van der Waals surface area (Å²) in [6.07, 6.45) is 8.11. The summed E-state index contributed by atoms with van der Waals surface area (Å²) in [5, 5.41) is 10.8. The zero-order valence-corrected chi connectivity index (χ0v) is 18.5. The lowest BCUT2D eigenvalue weighted by atomic mass is 9.92. The quantitative estimate of drug-likeness (QED) is 0.557. The molecule has 0 bridgehead atoms. The van der Waals surface area contributed by atoms with Gasteiger partial charge in [-0.3, -0.25) is 5.32 Å². The lowest BCUT2D eigenvalue weighted by Gasteiger charge is -2.29. The van der Waals surface area contributed by atoms with E-state index < -0.39 is 0 Å². The van der Waals surface area contributed by atoms with Crippen molar-refractivity contribution in [3.05, 3.63) is 58.8 Å². The van der Waals surface area contributed by atoms with Gasteiger partial charge in [0.25, 0.3) is 0 Å². The van der Waals surface area contributed by atoms with Crippen LogP contribution in [0, 0.1) is 5.92 Å². The van der Waals surface area contributed by atoms with E-state index in [1.807, 2.05) is 7.05 Å². The van der Waals surface area contributed by atoms with Crippen LogP contribution in [0.25, 0.3) is 0 Å². The highest BCUT2D eigenvalue weighted by Gasteiger charge is 2.22. The molecule has 0 radical (unpaired) electrons. The molecule has 0 aromatic heterocycles. The molecule has 29 heavy (non-hydrogen) atoms. The Hall–Kier alpha value is -1.66. The summed E-state index contributed by atoms with van der Waals surface area (Å²) in [5.41, 5.74) is 5.43. The lowest BCUT2D eigenvalue weighted by molar-refractivity contribution is 0.0651. The Bertz CT molecular complexity index is 709. The van der Waals surface area contributed by atoms with Gasteiger partial charge in [0, 0.05) is 38.5 Å². The van der Waals surface area contributed by atoms with Gasteiger partial charge in [-0.15, -0.1) is 0 Å². The molecule has 3 rings (SSSR count).